The van der Waals surface area contributed by atoms with Crippen molar-refractivity contribution in [2.24, 2.45) is 5.92 Å². The van der Waals surface area contributed by atoms with Gasteiger partial charge in [-0.05, 0) is 6.07 Å². The van der Waals surface area contributed by atoms with Gasteiger partial charge >= 0.3 is 5.97 Å². The van der Waals surface area contributed by atoms with Gasteiger partial charge in [0.05, 0.1) is 10.8 Å². The second-order valence-corrected chi connectivity index (χ2v) is 6.24. The second-order valence-electron chi connectivity index (χ2n) is 4.56. The van der Waals surface area contributed by atoms with Crippen molar-refractivity contribution < 1.29 is 23.2 Å². The lowest BCUT2D eigenvalue weighted by atomic mass is 10.1. The van der Waals surface area contributed by atoms with E-state index >= 15 is 0 Å². The molecule has 0 aliphatic carbocycles. The fraction of sp³-hybridized carbons (Fsp3) is 0.364. The highest BCUT2D eigenvalue weighted by Gasteiger charge is 2.37. The predicted octanol–water partition coefficient (Wildman–Crippen LogP) is -0.454. The van der Waals surface area contributed by atoms with Gasteiger partial charge in [-0.1, -0.05) is 12.1 Å². The maximum Gasteiger partial charge on any atom is 0.309 e. The van der Waals surface area contributed by atoms with Crippen LogP contribution in [0.2, 0.25) is 0 Å². The normalized spacial score (nSPS) is 22.1. The van der Waals surface area contributed by atoms with Crippen LogP contribution in [0.4, 0.5) is 5.69 Å². The van der Waals surface area contributed by atoms with Gasteiger partial charge in [-0.25, -0.2) is 13.1 Å². The summed E-state index contributed by atoms with van der Waals surface area (Å²) in [5.41, 5.74) is -0.553. The highest BCUT2D eigenvalue weighted by Crippen LogP contribution is 2.24. The van der Waals surface area contributed by atoms with Crippen LogP contribution >= 0.6 is 0 Å². The third-order valence-corrected chi connectivity index (χ3v) is 4.73. The molecule has 1 fully saturated rings. The molecule has 1 aromatic carbocycles. The Bertz CT molecular complexity index is 674. The summed E-state index contributed by atoms with van der Waals surface area (Å²) in [6, 6.07) is 4.05. The zero-order chi connectivity index (χ0) is 15.6. The average Bonchev–Trinajstić information content (AvgIpc) is 2.86. The molecule has 1 saturated heterocycles. The first kappa shape index (κ1) is 15.4. The van der Waals surface area contributed by atoms with Gasteiger partial charge in [-0.15, -0.1) is 0 Å². The van der Waals surface area contributed by atoms with E-state index in [0.29, 0.717) is 0 Å². The van der Waals surface area contributed by atoms with E-state index in [4.69, 9.17) is 5.11 Å². The number of carboxylic acids is 1. The zero-order valence-electron chi connectivity index (χ0n) is 10.7. The smallest absolute Gasteiger partial charge is 0.309 e. The molecule has 1 aliphatic rings. The molecule has 1 aromatic rings. The van der Waals surface area contributed by atoms with Crippen molar-refractivity contribution in [3.63, 3.8) is 0 Å². The van der Waals surface area contributed by atoms with E-state index < -0.39 is 43.5 Å². The zero-order valence-corrected chi connectivity index (χ0v) is 11.5. The maximum absolute atomic E-state index is 12.2. The topological polar surface area (TPSA) is 139 Å². The van der Waals surface area contributed by atoms with Crippen molar-refractivity contribution in [3.05, 3.63) is 34.4 Å². The molecule has 0 aromatic heterocycles. The first-order chi connectivity index (χ1) is 9.83. The average molecular weight is 315 g/mol. The summed E-state index contributed by atoms with van der Waals surface area (Å²) in [7, 11) is -4.18. The number of carboxylic acid groups (broad SMARTS) is 1. The molecule has 1 heterocycles. The molecule has 0 radical (unpaired) electrons. The number of nitro benzene ring substituents is 1. The van der Waals surface area contributed by atoms with Crippen LogP contribution in [0.25, 0.3) is 0 Å². The van der Waals surface area contributed by atoms with Crippen molar-refractivity contribution in [3.8, 4) is 0 Å². The van der Waals surface area contributed by atoms with Crippen molar-refractivity contribution in [2.45, 2.75) is 10.9 Å². The molecule has 0 bridgehead atoms. The maximum atomic E-state index is 12.2. The Morgan fingerprint density at radius 3 is 2.67 bits per heavy atom. The van der Waals surface area contributed by atoms with Crippen LogP contribution in [-0.2, 0) is 14.8 Å². The van der Waals surface area contributed by atoms with Gasteiger partial charge in [-0.3, -0.25) is 14.9 Å². The number of benzene rings is 1. The summed E-state index contributed by atoms with van der Waals surface area (Å²) in [6.07, 6.45) is 0. The van der Waals surface area contributed by atoms with Gasteiger partial charge in [0, 0.05) is 25.2 Å². The van der Waals surface area contributed by atoms with Crippen LogP contribution < -0.4 is 10.0 Å². The number of hydrogen-bond donors (Lipinski definition) is 3. The predicted molar refractivity (Wildman–Crippen MR) is 71.2 cm³/mol. The van der Waals surface area contributed by atoms with Crippen LogP contribution in [0.1, 0.15) is 0 Å². The minimum Gasteiger partial charge on any atom is -0.481 e. The highest BCUT2D eigenvalue weighted by atomic mass is 32.2. The Balaban J connectivity index is 2.31. The van der Waals surface area contributed by atoms with Gasteiger partial charge in [-0.2, -0.15) is 0 Å². The fourth-order valence-corrected chi connectivity index (χ4v) is 3.61. The molecule has 114 valence electrons. The standard InChI is InChI=1S/C11H13N3O6S/c15-11(16)7-5-12-6-8(7)13-21(19,20)10-4-2-1-3-9(10)14(17)18/h1-4,7-8,12-13H,5-6H2,(H,15,16). The van der Waals surface area contributed by atoms with Crippen LogP contribution in [0, 0.1) is 16.0 Å². The van der Waals surface area contributed by atoms with Crippen LogP contribution in [0.3, 0.4) is 0 Å². The molecule has 2 unspecified atom stereocenters. The summed E-state index contributed by atoms with van der Waals surface area (Å²) in [5, 5.41) is 22.7. The first-order valence-electron chi connectivity index (χ1n) is 6.02. The largest absolute Gasteiger partial charge is 0.481 e. The van der Waals surface area contributed by atoms with E-state index in [2.05, 4.69) is 10.0 Å². The number of nitrogens with zero attached hydrogens (tertiary/aromatic N) is 1. The highest BCUT2D eigenvalue weighted by molar-refractivity contribution is 7.89. The third-order valence-electron chi connectivity index (χ3n) is 3.19. The van der Waals surface area contributed by atoms with Crippen LogP contribution in [-0.4, -0.2) is 43.5 Å². The Hall–Kier alpha value is -2.04. The number of nitro groups is 1. The van der Waals surface area contributed by atoms with Gasteiger partial charge in [0.15, 0.2) is 4.90 Å². The number of hydrogen-bond acceptors (Lipinski definition) is 6. The molecule has 1 aliphatic heterocycles. The Labute approximate surface area is 120 Å². The lowest BCUT2D eigenvalue weighted by molar-refractivity contribution is -0.387. The molecular formula is C11H13N3O6S. The quantitative estimate of drug-likeness (QED) is 0.494. The van der Waals surface area contributed by atoms with E-state index in [9.17, 15) is 23.3 Å². The third kappa shape index (κ3) is 3.17. The van der Waals surface area contributed by atoms with E-state index in [1.165, 1.54) is 12.1 Å². The molecule has 3 N–H and O–H groups in total. The first-order valence-corrected chi connectivity index (χ1v) is 7.50. The van der Waals surface area contributed by atoms with E-state index in [0.717, 1.165) is 12.1 Å². The Kier molecular flexibility index (Phi) is 4.21. The van der Waals surface area contributed by atoms with Crippen molar-refractivity contribution in [2.75, 3.05) is 13.1 Å². The van der Waals surface area contributed by atoms with Crippen LogP contribution in [0.15, 0.2) is 29.2 Å². The van der Waals surface area contributed by atoms with Gasteiger partial charge in [0.1, 0.15) is 0 Å². The minimum atomic E-state index is -4.18. The fourth-order valence-electron chi connectivity index (χ4n) is 2.16. The second kappa shape index (κ2) is 5.76. The summed E-state index contributed by atoms with van der Waals surface area (Å²) in [5.74, 6) is -2.04. The molecule has 2 rings (SSSR count). The minimum absolute atomic E-state index is 0.138. The van der Waals surface area contributed by atoms with Crippen molar-refractivity contribution in [1.29, 1.82) is 0 Å². The molecule has 9 nitrogen and oxygen atoms in total. The SMILES string of the molecule is O=C(O)C1CNCC1NS(=O)(=O)c1ccccc1[N+](=O)[O-]. The molecule has 0 saturated carbocycles. The number of sulfonamides is 1. The molecule has 0 spiro atoms. The number of para-hydroxylation sites is 1. The summed E-state index contributed by atoms with van der Waals surface area (Å²) < 4.78 is 26.7. The van der Waals surface area contributed by atoms with Crippen molar-refractivity contribution in [1.82, 2.24) is 10.0 Å². The summed E-state index contributed by atoms with van der Waals surface area (Å²) in [6.45, 7) is 0.288. The van der Waals surface area contributed by atoms with Crippen molar-refractivity contribution >= 4 is 21.7 Å². The molecule has 21 heavy (non-hydrogen) atoms. The lowest BCUT2D eigenvalue weighted by Gasteiger charge is -2.16. The Morgan fingerprint density at radius 2 is 2.05 bits per heavy atom. The summed E-state index contributed by atoms with van der Waals surface area (Å²) >= 11 is 0. The molecular weight excluding hydrogens is 302 g/mol. The molecule has 0 amide bonds. The van der Waals surface area contributed by atoms with E-state index in [1.54, 1.807) is 0 Å². The summed E-state index contributed by atoms with van der Waals surface area (Å²) in [4.78, 5) is 20.6. The number of rotatable bonds is 5. The Morgan fingerprint density at radius 1 is 1.38 bits per heavy atom. The van der Waals surface area contributed by atoms with Crippen LogP contribution in [0.5, 0.6) is 0 Å². The van der Waals surface area contributed by atoms with Gasteiger partial charge in [0.2, 0.25) is 10.0 Å². The lowest BCUT2D eigenvalue weighted by Crippen LogP contribution is -2.42. The monoisotopic (exact) mass is 315 g/mol. The molecule has 10 heteroatoms. The number of aliphatic carboxylic acids is 1. The van der Waals surface area contributed by atoms with Gasteiger partial charge < -0.3 is 10.4 Å². The molecule has 2 atom stereocenters. The van der Waals surface area contributed by atoms with Gasteiger partial charge in [0.25, 0.3) is 5.69 Å². The number of carbonyl (C=O) groups is 1. The van der Waals surface area contributed by atoms with E-state index in [1.807, 2.05) is 0 Å². The van der Waals surface area contributed by atoms with E-state index in [-0.39, 0.29) is 13.1 Å². The number of nitrogens with one attached hydrogen (secondary N) is 2.